The SMILES string of the molecule is CS(=O)(=O)c1cc(F)ccc1CNC(=O)c1nc2n(c(=O)c1O)CCCOC21CCC1. The first-order valence-electron chi connectivity index (χ1n) is 9.87. The van der Waals surface area contributed by atoms with Crippen LogP contribution in [0, 0.1) is 5.82 Å². The third-order valence-corrected chi connectivity index (χ3v) is 6.88. The van der Waals surface area contributed by atoms with E-state index in [1.807, 2.05) is 0 Å². The zero-order valence-electron chi connectivity index (χ0n) is 16.9. The number of amides is 1. The number of sulfone groups is 1. The maximum atomic E-state index is 13.5. The summed E-state index contributed by atoms with van der Waals surface area (Å²) in [5.41, 5.74) is -1.73. The molecule has 4 rings (SSSR count). The van der Waals surface area contributed by atoms with Crippen LogP contribution in [0.5, 0.6) is 5.75 Å². The van der Waals surface area contributed by atoms with Crippen LogP contribution in [0.3, 0.4) is 0 Å². The number of halogens is 1. The molecule has 0 unspecified atom stereocenters. The molecule has 1 fully saturated rings. The normalized spacial score (nSPS) is 17.5. The van der Waals surface area contributed by atoms with Crippen LogP contribution in [0.15, 0.2) is 27.9 Å². The zero-order chi connectivity index (χ0) is 22.4. The average molecular weight is 451 g/mol. The van der Waals surface area contributed by atoms with E-state index in [0.717, 1.165) is 24.8 Å². The molecule has 2 heterocycles. The van der Waals surface area contributed by atoms with Crippen molar-refractivity contribution in [1.29, 1.82) is 0 Å². The Morgan fingerprint density at radius 1 is 1.35 bits per heavy atom. The molecule has 0 atom stereocenters. The van der Waals surface area contributed by atoms with Crippen molar-refractivity contribution in [2.45, 2.75) is 49.3 Å². The van der Waals surface area contributed by atoms with Gasteiger partial charge in [0, 0.05) is 26.0 Å². The van der Waals surface area contributed by atoms with Crippen molar-refractivity contribution in [2.75, 3.05) is 12.9 Å². The summed E-state index contributed by atoms with van der Waals surface area (Å²) in [6.45, 7) is 0.512. The van der Waals surface area contributed by atoms with Gasteiger partial charge in [0.25, 0.3) is 11.5 Å². The highest BCUT2D eigenvalue weighted by atomic mass is 32.2. The number of aromatic nitrogens is 2. The monoisotopic (exact) mass is 451 g/mol. The number of carbonyl (C=O) groups is 1. The van der Waals surface area contributed by atoms with Gasteiger partial charge in [-0.1, -0.05) is 6.07 Å². The predicted octanol–water partition coefficient (Wildman–Crippen LogP) is 1.22. The average Bonchev–Trinajstić information content (AvgIpc) is 2.88. The smallest absolute Gasteiger partial charge is 0.296 e. The molecule has 1 saturated carbocycles. The number of hydrogen-bond donors (Lipinski definition) is 2. The maximum absolute atomic E-state index is 13.5. The Morgan fingerprint density at radius 2 is 2.10 bits per heavy atom. The molecule has 1 aliphatic carbocycles. The summed E-state index contributed by atoms with van der Waals surface area (Å²) < 4.78 is 44.7. The molecule has 1 aromatic carbocycles. The summed E-state index contributed by atoms with van der Waals surface area (Å²) in [4.78, 5) is 29.5. The van der Waals surface area contributed by atoms with E-state index in [1.165, 1.54) is 10.6 Å². The minimum Gasteiger partial charge on any atom is -0.501 e. The molecule has 2 aliphatic rings. The van der Waals surface area contributed by atoms with E-state index in [-0.39, 0.29) is 17.0 Å². The molecule has 0 bridgehead atoms. The number of nitrogens with zero attached hydrogens (tertiary/aromatic N) is 2. The van der Waals surface area contributed by atoms with E-state index in [1.54, 1.807) is 0 Å². The summed E-state index contributed by atoms with van der Waals surface area (Å²) in [7, 11) is -3.74. The molecule has 31 heavy (non-hydrogen) atoms. The molecule has 0 saturated heterocycles. The number of rotatable bonds is 4. The molecule has 166 valence electrons. The van der Waals surface area contributed by atoms with Gasteiger partial charge in [0.2, 0.25) is 5.75 Å². The van der Waals surface area contributed by atoms with Crippen LogP contribution in [-0.4, -0.2) is 41.8 Å². The third-order valence-electron chi connectivity index (χ3n) is 5.70. The largest absolute Gasteiger partial charge is 0.501 e. The number of nitrogens with one attached hydrogen (secondary N) is 1. The van der Waals surface area contributed by atoms with E-state index in [4.69, 9.17) is 4.74 Å². The summed E-state index contributed by atoms with van der Waals surface area (Å²) >= 11 is 0. The highest BCUT2D eigenvalue weighted by Gasteiger charge is 2.45. The van der Waals surface area contributed by atoms with Crippen LogP contribution < -0.4 is 10.9 Å². The van der Waals surface area contributed by atoms with Crippen LogP contribution in [-0.2, 0) is 33.3 Å². The Hall–Kier alpha value is -2.79. The van der Waals surface area contributed by atoms with Crippen LogP contribution in [0.1, 0.15) is 47.6 Å². The van der Waals surface area contributed by atoms with E-state index in [2.05, 4.69) is 10.3 Å². The lowest BCUT2D eigenvalue weighted by Crippen LogP contribution is -2.43. The molecule has 1 aromatic heterocycles. The van der Waals surface area contributed by atoms with Crippen molar-refractivity contribution in [3.05, 3.63) is 51.5 Å². The molecular weight excluding hydrogens is 429 g/mol. The topological polar surface area (TPSA) is 128 Å². The standard InChI is InChI=1S/C20H22FN3O6S/c1-31(28,29)14-10-13(21)5-4-12(14)11-22-17(26)15-16(25)18(27)24-8-3-9-30-20(6-2-7-20)19(24)23-15/h4-5,10,25H,2-3,6-9,11H2,1H3,(H,22,26). The molecule has 2 N–H and O–H groups in total. The highest BCUT2D eigenvalue weighted by molar-refractivity contribution is 7.90. The maximum Gasteiger partial charge on any atom is 0.296 e. The first kappa shape index (κ1) is 21.4. The third kappa shape index (κ3) is 3.83. The van der Waals surface area contributed by atoms with E-state index in [0.29, 0.717) is 38.2 Å². The number of ether oxygens (including phenoxy) is 1. The van der Waals surface area contributed by atoms with Gasteiger partial charge in [-0.15, -0.1) is 0 Å². The number of carbonyl (C=O) groups excluding carboxylic acids is 1. The van der Waals surface area contributed by atoms with Crippen LogP contribution in [0.25, 0.3) is 0 Å². The lowest BCUT2D eigenvalue weighted by atomic mass is 9.79. The van der Waals surface area contributed by atoms with Gasteiger partial charge in [-0.25, -0.2) is 17.8 Å². The van der Waals surface area contributed by atoms with E-state index in [9.17, 15) is 27.5 Å². The van der Waals surface area contributed by atoms with Gasteiger partial charge in [0.15, 0.2) is 15.5 Å². The van der Waals surface area contributed by atoms with E-state index >= 15 is 0 Å². The van der Waals surface area contributed by atoms with Crippen LogP contribution in [0.2, 0.25) is 0 Å². The second kappa shape index (κ2) is 7.72. The summed E-state index contributed by atoms with van der Waals surface area (Å²) in [6.07, 6.45) is 3.75. The van der Waals surface area contributed by atoms with Crippen molar-refractivity contribution in [1.82, 2.24) is 14.9 Å². The quantitative estimate of drug-likeness (QED) is 0.715. The van der Waals surface area contributed by atoms with Crippen molar-refractivity contribution >= 4 is 15.7 Å². The van der Waals surface area contributed by atoms with Crippen LogP contribution in [0.4, 0.5) is 4.39 Å². The zero-order valence-corrected chi connectivity index (χ0v) is 17.7. The van der Waals surface area contributed by atoms with Crippen molar-refractivity contribution in [3.63, 3.8) is 0 Å². The molecule has 1 spiro atoms. The van der Waals surface area contributed by atoms with Gasteiger partial charge in [-0.05, 0) is 43.4 Å². The minimum atomic E-state index is -3.74. The fourth-order valence-corrected chi connectivity index (χ4v) is 4.90. The number of aromatic hydroxyl groups is 1. The van der Waals surface area contributed by atoms with Gasteiger partial charge in [-0.3, -0.25) is 14.2 Å². The molecule has 1 aliphatic heterocycles. The molecule has 2 aromatic rings. The summed E-state index contributed by atoms with van der Waals surface area (Å²) in [5, 5.41) is 12.8. The van der Waals surface area contributed by atoms with E-state index < -0.39 is 44.2 Å². The Labute approximate surface area is 177 Å². The molecule has 9 nitrogen and oxygen atoms in total. The summed E-state index contributed by atoms with van der Waals surface area (Å²) in [6, 6.07) is 3.21. The van der Waals surface area contributed by atoms with Gasteiger partial charge >= 0.3 is 0 Å². The van der Waals surface area contributed by atoms with Crippen molar-refractivity contribution < 1.29 is 27.4 Å². The van der Waals surface area contributed by atoms with Crippen molar-refractivity contribution in [3.8, 4) is 5.75 Å². The predicted molar refractivity (Wildman–Crippen MR) is 107 cm³/mol. The molecular formula is C20H22FN3O6S. The number of fused-ring (bicyclic) bond motifs is 2. The second-order valence-corrected chi connectivity index (χ2v) is 9.83. The Balaban J connectivity index is 1.67. The number of hydrogen-bond acceptors (Lipinski definition) is 7. The highest BCUT2D eigenvalue weighted by Crippen LogP contribution is 2.45. The molecule has 11 heteroatoms. The summed E-state index contributed by atoms with van der Waals surface area (Å²) in [5.74, 6) is -2.03. The second-order valence-electron chi connectivity index (χ2n) is 7.85. The van der Waals surface area contributed by atoms with Gasteiger partial charge in [0.05, 0.1) is 4.90 Å². The Morgan fingerprint density at radius 3 is 2.74 bits per heavy atom. The Bertz CT molecular complexity index is 1220. The fraction of sp³-hybridized carbons (Fsp3) is 0.450. The van der Waals surface area contributed by atoms with Crippen LogP contribution >= 0.6 is 0 Å². The fourth-order valence-electron chi connectivity index (χ4n) is 3.96. The van der Waals surface area contributed by atoms with Gasteiger partial charge < -0.3 is 15.2 Å². The molecule has 1 amide bonds. The minimum absolute atomic E-state index is 0.169. The van der Waals surface area contributed by atoms with Crippen molar-refractivity contribution in [2.24, 2.45) is 0 Å². The first-order valence-corrected chi connectivity index (χ1v) is 11.8. The first-order chi connectivity index (χ1) is 14.6. The van der Waals surface area contributed by atoms with Gasteiger partial charge in [0.1, 0.15) is 17.2 Å². The van der Waals surface area contributed by atoms with Gasteiger partial charge in [-0.2, -0.15) is 0 Å². The number of benzene rings is 1. The lowest BCUT2D eigenvalue weighted by Gasteiger charge is -2.40. The lowest BCUT2D eigenvalue weighted by molar-refractivity contribution is -0.108. The Kier molecular flexibility index (Phi) is 5.34. The molecule has 0 radical (unpaired) electrons.